The molecule has 2 heteroatoms. The van der Waals surface area contributed by atoms with Crippen LogP contribution in [0.1, 0.15) is 33.1 Å². The van der Waals surface area contributed by atoms with Crippen molar-refractivity contribution in [2.24, 2.45) is 4.99 Å². The normalized spacial score (nSPS) is 10.4. The van der Waals surface area contributed by atoms with Crippen LogP contribution in [0.25, 0.3) is 0 Å². The molecule has 9 heavy (non-hydrogen) atoms. The van der Waals surface area contributed by atoms with Crippen molar-refractivity contribution in [1.29, 1.82) is 0 Å². The summed E-state index contributed by atoms with van der Waals surface area (Å²) in [6, 6.07) is 0. The fraction of sp³-hybridized carbons (Fsp3) is 0.714. The lowest BCUT2D eigenvalue weighted by atomic mass is 10.2. The summed E-state index contributed by atoms with van der Waals surface area (Å²) in [6.07, 6.45) is 4.15. The van der Waals surface area contributed by atoms with Gasteiger partial charge >= 0.3 is 0 Å². The molecule has 52 valence electrons. The van der Waals surface area contributed by atoms with Crippen LogP contribution in [0, 0.1) is 0 Å². The van der Waals surface area contributed by atoms with Crippen LogP contribution in [-0.2, 0) is 4.79 Å². The lowest BCUT2D eigenvalue weighted by molar-refractivity contribution is -0.117. The predicted octanol–water partition coefficient (Wildman–Crippen LogP) is 1.79. The number of unbranched alkanes of at least 4 members (excludes halogenated alkanes) is 1. The Kier molecular flexibility index (Phi) is 5.07. The highest BCUT2D eigenvalue weighted by molar-refractivity contribution is 5.84. The number of nitrogens with zero attached hydrogens (tertiary/aromatic N) is 1. The zero-order valence-corrected chi connectivity index (χ0v) is 6.05. The zero-order chi connectivity index (χ0) is 7.11. The molecule has 0 atom stereocenters. The zero-order valence-electron chi connectivity index (χ0n) is 6.05. The highest BCUT2D eigenvalue weighted by Crippen LogP contribution is 1.94. The molecule has 2 nitrogen and oxygen atoms in total. The van der Waals surface area contributed by atoms with Crippen LogP contribution < -0.4 is 0 Å². The minimum Gasteiger partial charge on any atom is -0.273 e. The van der Waals surface area contributed by atoms with E-state index in [-0.39, 0.29) is 5.91 Å². The average molecular weight is 127 g/mol. The van der Waals surface area contributed by atoms with Gasteiger partial charge in [-0.2, -0.15) is 0 Å². The van der Waals surface area contributed by atoms with Gasteiger partial charge in [0.2, 0.25) is 5.91 Å². The van der Waals surface area contributed by atoms with Gasteiger partial charge in [-0.3, -0.25) is 4.79 Å². The third-order valence-corrected chi connectivity index (χ3v) is 1.02. The summed E-state index contributed by atoms with van der Waals surface area (Å²) in [5.41, 5.74) is 0. The first kappa shape index (κ1) is 8.34. The minimum atomic E-state index is -0.000602. The summed E-state index contributed by atoms with van der Waals surface area (Å²) in [7, 11) is 0. The standard InChI is InChI=1S/C7H13NO/c1-3-5-6-7(9)8-4-2/h4H,3,5-6H2,1-2H3. The van der Waals surface area contributed by atoms with E-state index in [4.69, 9.17) is 0 Å². The molecule has 0 spiro atoms. The Morgan fingerprint density at radius 3 is 2.78 bits per heavy atom. The Labute approximate surface area is 56.0 Å². The van der Waals surface area contributed by atoms with E-state index in [9.17, 15) is 4.79 Å². The van der Waals surface area contributed by atoms with E-state index in [1.807, 2.05) is 0 Å². The Morgan fingerprint density at radius 1 is 1.67 bits per heavy atom. The van der Waals surface area contributed by atoms with Crippen molar-refractivity contribution in [2.45, 2.75) is 33.1 Å². The van der Waals surface area contributed by atoms with E-state index in [0.717, 1.165) is 12.8 Å². The summed E-state index contributed by atoms with van der Waals surface area (Å²) in [5.74, 6) is -0.000602. The highest BCUT2D eigenvalue weighted by atomic mass is 16.1. The quantitative estimate of drug-likeness (QED) is 0.531. The fourth-order valence-corrected chi connectivity index (χ4v) is 0.537. The van der Waals surface area contributed by atoms with Crippen molar-refractivity contribution in [3.05, 3.63) is 0 Å². The summed E-state index contributed by atoms with van der Waals surface area (Å²) in [5, 5.41) is 0. The number of rotatable bonds is 3. The molecule has 0 saturated heterocycles. The van der Waals surface area contributed by atoms with Crippen LogP contribution in [0.3, 0.4) is 0 Å². The van der Waals surface area contributed by atoms with Gasteiger partial charge in [0.1, 0.15) is 0 Å². The van der Waals surface area contributed by atoms with E-state index in [1.54, 1.807) is 6.92 Å². The first-order valence-electron chi connectivity index (χ1n) is 3.32. The molecule has 0 aliphatic carbocycles. The van der Waals surface area contributed by atoms with Gasteiger partial charge < -0.3 is 0 Å². The number of aliphatic imine (C=N–C) groups is 1. The van der Waals surface area contributed by atoms with Crippen molar-refractivity contribution in [1.82, 2.24) is 0 Å². The molecule has 0 fully saturated rings. The number of hydrogen-bond donors (Lipinski definition) is 0. The van der Waals surface area contributed by atoms with Gasteiger partial charge in [0.25, 0.3) is 0 Å². The Balaban J connectivity index is 3.27. The second-order valence-corrected chi connectivity index (χ2v) is 1.88. The molecule has 0 unspecified atom stereocenters. The van der Waals surface area contributed by atoms with Gasteiger partial charge in [0.15, 0.2) is 0 Å². The molecule has 0 aliphatic rings. The summed E-state index contributed by atoms with van der Waals surface area (Å²) < 4.78 is 0. The van der Waals surface area contributed by atoms with Gasteiger partial charge in [0.05, 0.1) is 0 Å². The van der Waals surface area contributed by atoms with Gasteiger partial charge in [-0.05, 0) is 13.3 Å². The SMILES string of the molecule is CC=NC(=O)CCCC. The molecular weight excluding hydrogens is 114 g/mol. The largest absolute Gasteiger partial charge is 0.273 e. The van der Waals surface area contributed by atoms with Gasteiger partial charge in [-0.1, -0.05) is 13.3 Å². The maximum absolute atomic E-state index is 10.6. The number of carbonyl (C=O) groups excluding carboxylic acids is 1. The fourth-order valence-electron chi connectivity index (χ4n) is 0.537. The summed E-state index contributed by atoms with van der Waals surface area (Å²) in [6.45, 7) is 3.81. The smallest absolute Gasteiger partial charge is 0.245 e. The molecule has 0 saturated carbocycles. The first-order chi connectivity index (χ1) is 4.31. The van der Waals surface area contributed by atoms with Crippen LogP contribution in [0.4, 0.5) is 0 Å². The van der Waals surface area contributed by atoms with E-state index in [1.165, 1.54) is 6.21 Å². The monoisotopic (exact) mass is 127 g/mol. The van der Waals surface area contributed by atoms with Crippen molar-refractivity contribution < 1.29 is 4.79 Å². The van der Waals surface area contributed by atoms with Gasteiger partial charge in [0, 0.05) is 12.6 Å². The number of carbonyl (C=O) groups is 1. The molecule has 0 aliphatic heterocycles. The maximum Gasteiger partial charge on any atom is 0.245 e. The van der Waals surface area contributed by atoms with E-state index >= 15 is 0 Å². The third-order valence-electron chi connectivity index (χ3n) is 1.02. The Hall–Kier alpha value is -0.660. The van der Waals surface area contributed by atoms with Crippen LogP contribution in [0.15, 0.2) is 4.99 Å². The van der Waals surface area contributed by atoms with Gasteiger partial charge in [-0.15, -0.1) is 0 Å². The Morgan fingerprint density at radius 2 is 2.33 bits per heavy atom. The highest BCUT2D eigenvalue weighted by Gasteiger charge is 1.93. The predicted molar refractivity (Wildman–Crippen MR) is 38.7 cm³/mol. The van der Waals surface area contributed by atoms with Gasteiger partial charge in [-0.25, -0.2) is 4.99 Å². The maximum atomic E-state index is 10.6. The van der Waals surface area contributed by atoms with Crippen LogP contribution >= 0.6 is 0 Å². The lowest BCUT2D eigenvalue weighted by Crippen LogP contribution is -1.91. The van der Waals surface area contributed by atoms with E-state index in [2.05, 4.69) is 11.9 Å². The molecule has 0 aromatic heterocycles. The summed E-state index contributed by atoms with van der Waals surface area (Å²) in [4.78, 5) is 14.2. The molecule has 0 heterocycles. The molecule has 0 aromatic rings. The van der Waals surface area contributed by atoms with E-state index in [0.29, 0.717) is 6.42 Å². The van der Waals surface area contributed by atoms with Crippen molar-refractivity contribution >= 4 is 12.1 Å². The average Bonchev–Trinajstić information content (AvgIpc) is 1.85. The molecule has 0 rings (SSSR count). The number of hydrogen-bond acceptors (Lipinski definition) is 1. The molecule has 0 bridgehead atoms. The lowest BCUT2D eigenvalue weighted by Gasteiger charge is -1.88. The molecule has 1 amide bonds. The molecule has 0 radical (unpaired) electrons. The molecular formula is C7H13NO. The Bertz CT molecular complexity index is 107. The first-order valence-corrected chi connectivity index (χ1v) is 3.32. The van der Waals surface area contributed by atoms with Crippen molar-refractivity contribution in [3.8, 4) is 0 Å². The van der Waals surface area contributed by atoms with Crippen molar-refractivity contribution in [2.75, 3.05) is 0 Å². The topological polar surface area (TPSA) is 29.4 Å². The van der Waals surface area contributed by atoms with Crippen LogP contribution in [0.5, 0.6) is 0 Å². The minimum absolute atomic E-state index is 0.000602. The molecule has 0 N–H and O–H groups in total. The number of amides is 1. The van der Waals surface area contributed by atoms with Crippen molar-refractivity contribution in [3.63, 3.8) is 0 Å². The van der Waals surface area contributed by atoms with E-state index < -0.39 is 0 Å². The second kappa shape index (κ2) is 5.48. The second-order valence-electron chi connectivity index (χ2n) is 1.88. The molecule has 0 aromatic carbocycles. The third kappa shape index (κ3) is 5.21. The van der Waals surface area contributed by atoms with Crippen LogP contribution in [-0.4, -0.2) is 12.1 Å². The van der Waals surface area contributed by atoms with Crippen LogP contribution in [0.2, 0.25) is 0 Å². The summed E-state index contributed by atoms with van der Waals surface area (Å²) >= 11 is 0.